The highest BCUT2D eigenvalue weighted by Crippen LogP contribution is 2.36. The van der Waals surface area contributed by atoms with Crippen LogP contribution in [0, 0.1) is 6.92 Å². The van der Waals surface area contributed by atoms with Gasteiger partial charge in [-0.1, -0.05) is 99.1 Å². The van der Waals surface area contributed by atoms with E-state index < -0.39 is 25.2 Å². The van der Waals surface area contributed by atoms with E-state index in [0.29, 0.717) is 0 Å². The molecule has 3 aromatic rings. The summed E-state index contributed by atoms with van der Waals surface area (Å²) < 4.78 is 19.5. The molecule has 0 spiro atoms. The molecule has 0 unspecified atom stereocenters. The van der Waals surface area contributed by atoms with Crippen LogP contribution in [-0.2, 0) is 15.2 Å². The van der Waals surface area contributed by atoms with E-state index in [-0.39, 0.29) is 17.4 Å². The zero-order chi connectivity index (χ0) is 22.5. The van der Waals surface area contributed by atoms with E-state index >= 15 is 0 Å². The molecule has 31 heavy (non-hydrogen) atoms. The molecule has 3 aromatic carbocycles. The molecule has 0 amide bonds. The van der Waals surface area contributed by atoms with Crippen LogP contribution in [0.25, 0.3) is 0 Å². The van der Waals surface area contributed by atoms with Crippen LogP contribution in [0.1, 0.15) is 26.3 Å². The molecule has 2 atom stereocenters. The summed E-state index contributed by atoms with van der Waals surface area (Å²) in [7, 11) is -3.98. The molecule has 3 rings (SSSR count). The highest BCUT2D eigenvalue weighted by atomic mass is 32.2. The van der Waals surface area contributed by atoms with Crippen LogP contribution in [0.3, 0.4) is 0 Å². The zero-order valence-corrected chi connectivity index (χ0v) is 20.6. The Morgan fingerprint density at radius 2 is 1.35 bits per heavy atom. The van der Waals surface area contributed by atoms with Gasteiger partial charge in [0.1, 0.15) is 0 Å². The van der Waals surface area contributed by atoms with E-state index in [1.165, 1.54) is 10.4 Å². The Labute approximate surface area is 189 Å². The SMILES string of the molecule is Cc1ccc([S@](=O)C[C@@H](O)CO[Si](c2ccccc2)(c2ccccc2)C(C)(C)C)cc1. The van der Waals surface area contributed by atoms with Crippen molar-refractivity contribution in [1.82, 2.24) is 0 Å². The van der Waals surface area contributed by atoms with E-state index in [0.717, 1.165) is 10.5 Å². The summed E-state index contributed by atoms with van der Waals surface area (Å²) in [5, 5.41) is 12.9. The Hall–Kier alpha value is -2.05. The van der Waals surface area contributed by atoms with Crippen molar-refractivity contribution in [2.24, 2.45) is 0 Å². The molecular formula is C26H32O3SSi. The largest absolute Gasteiger partial charge is 0.405 e. The minimum atomic E-state index is -2.71. The topological polar surface area (TPSA) is 46.5 Å². The molecular weight excluding hydrogens is 420 g/mol. The van der Waals surface area contributed by atoms with Crippen molar-refractivity contribution >= 4 is 29.5 Å². The molecule has 5 heteroatoms. The van der Waals surface area contributed by atoms with E-state index in [2.05, 4.69) is 45.0 Å². The minimum absolute atomic E-state index is 0.144. The van der Waals surface area contributed by atoms with Gasteiger partial charge in [-0.3, -0.25) is 4.21 Å². The van der Waals surface area contributed by atoms with Crippen molar-refractivity contribution in [3.63, 3.8) is 0 Å². The third-order valence-electron chi connectivity index (χ3n) is 5.54. The second kappa shape index (κ2) is 10.0. The van der Waals surface area contributed by atoms with Crippen molar-refractivity contribution < 1.29 is 13.7 Å². The van der Waals surface area contributed by atoms with Crippen LogP contribution in [0.2, 0.25) is 5.04 Å². The smallest absolute Gasteiger partial charge is 0.261 e. The number of hydrogen-bond acceptors (Lipinski definition) is 3. The van der Waals surface area contributed by atoms with Gasteiger partial charge in [0.2, 0.25) is 0 Å². The van der Waals surface area contributed by atoms with Gasteiger partial charge in [0, 0.05) is 4.90 Å². The average Bonchev–Trinajstić information content (AvgIpc) is 2.75. The Kier molecular flexibility index (Phi) is 7.65. The molecule has 0 radical (unpaired) electrons. The molecule has 0 heterocycles. The first-order valence-electron chi connectivity index (χ1n) is 10.6. The first-order chi connectivity index (χ1) is 14.7. The van der Waals surface area contributed by atoms with Crippen molar-refractivity contribution in [2.45, 2.75) is 43.7 Å². The van der Waals surface area contributed by atoms with Crippen LogP contribution in [0.5, 0.6) is 0 Å². The molecule has 1 N–H and O–H groups in total. The molecule has 0 aliphatic carbocycles. The summed E-state index contributed by atoms with van der Waals surface area (Å²) in [5.74, 6) is 0.154. The predicted octanol–water partition coefficient (Wildman–Crippen LogP) is 4.04. The lowest BCUT2D eigenvalue weighted by Gasteiger charge is -2.43. The van der Waals surface area contributed by atoms with Crippen molar-refractivity contribution in [1.29, 1.82) is 0 Å². The maximum Gasteiger partial charge on any atom is 0.261 e. The van der Waals surface area contributed by atoms with E-state index in [4.69, 9.17) is 4.43 Å². The number of aliphatic hydroxyl groups excluding tert-OH is 1. The Morgan fingerprint density at radius 3 is 1.81 bits per heavy atom. The summed E-state index contributed by atoms with van der Waals surface area (Å²) in [6, 6.07) is 28.3. The van der Waals surface area contributed by atoms with Crippen molar-refractivity contribution in [3.8, 4) is 0 Å². The van der Waals surface area contributed by atoms with Gasteiger partial charge in [-0.15, -0.1) is 0 Å². The fourth-order valence-electron chi connectivity index (χ4n) is 3.99. The van der Waals surface area contributed by atoms with E-state index in [9.17, 15) is 9.32 Å². The maximum atomic E-state index is 12.7. The highest BCUT2D eigenvalue weighted by Gasteiger charge is 2.50. The molecule has 0 fully saturated rings. The molecule has 0 saturated carbocycles. The van der Waals surface area contributed by atoms with Crippen LogP contribution in [0.4, 0.5) is 0 Å². The van der Waals surface area contributed by atoms with Gasteiger partial charge in [0.25, 0.3) is 8.32 Å². The highest BCUT2D eigenvalue weighted by molar-refractivity contribution is 7.85. The minimum Gasteiger partial charge on any atom is -0.405 e. The summed E-state index contributed by atoms with van der Waals surface area (Å²) in [4.78, 5) is 0.732. The predicted molar refractivity (Wildman–Crippen MR) is 132 cm³/mol. The summed E-state index contributed by atoms with van der Waals surface area (Å²) in [6.07, 6.45) is -0.816. The number of hydrogen-bond donors (Lipinski definition) is 1. The summed E-state index contributed by atoms with van der Waals surface area (Å²) >= 11 is 0. The van der Waals surface area contributed by atoms with Crippen LogP contribution < -0.4 is 10.4 Å². The number of benzene rings is 3. The molecule has 0 aliphatic heterocycles. The summed E-state index contributed by atoms with van der Waals surface area (Å²) in [6.45, 7) is 8.76. The third-order valence-corrected chi connectivity index (χ3v) is 12.0. The van der Waals surface area contributed by atoms with Gasteiger partial charge in [-0.25, -0.2) is 0 Å². The van der Waals surface area contributed by atoms with Gasteiger partial charge in [-0.2, -0.15) is 0 Å². The lowest BCUT2D eigenvalue weighted by molar-refractivity contribution is 0.120. The molecule has 3 nitrogen and oxygen atoms in total. The molecule has 0 bridgehead atoms. The second-order valence-corrected chi connectivity index (χ2v) is 14.8. The quantitative estimate of drug-likeness (QED) is 0.525. The van der Waals surface area contributed by atoms with Crippen LogP contribution >= 0.6 is 0 Å². The molecule has 0 saturated heterocycles. The van der Waals surface area contributed by atoms with E-state index in [1.54, 1.807) is 0 Å². The third kappa shape index (κ3) is 5.41. The molecule has 0 aromatic heterocycles. The normalized spacial score (nSPS) is 14.2. The fourth-order valence-corrected chi connectivity index (χ4v) is 9.67. The number of rotatable bonds is 8. The number of aryl methyl sites for hydroxylation is 1. The number of aliphatic hydroxyl groups is 1. The van der Waals surface area contributed by atoms with Crippen molar-refractivity contribution in [3.05, 3.63) is 90.5 Å². The first-order valence-corrected chi connectivity index (χ1v) is 13.8. The van der Waals surface area contributed by atoms with Gasteiger partial charge >= 0.3 is 0 Å². The summed E-state index contributed by atoms with van der Waals surface area (Å²) in [5.41, 5.74) is 1.12. The lowest BCUT2D eigenvalue weighted by Crippen LogP contribution is -2.67. The van der Waals surface area contributed by atoms with Crippen LogP contribution in [0.15, 0.2) is 89.8 Å². The molecule has 0 aliphatic rings. The lowest BCUT2D eigenvalue weighted by atomic mass is 10.2. The van der Waals surface area contributed by atoms with Gasteiger partial charge in [0.05, 0.1) is 29.3 Å². The average molecular weight is 453 g/mol. The van der Waals surface area contributed by atoms with Crippen LogP contribution in [-0.4, -0.2) is 36.1 Å². The van der Waals surface area contributed by atoms with Gasteiger partial charge in [0.15, 0.2) is 0 Å². The van der Waals surface area contributed by atoms with Gasteiger partial charge < -0.3 is 9.53 Å². The second-order valence-electron chi connectivity index (χ2n) is 8.95. The Morgan fingerprint density at radius 1 is 0.871 bits per heavy atom. The Balaban J connectivity index is 1.87. The Bertz CT molecular complexity index is 943. The zero-order valence-electron chi connectivity index (χ0n) is 18.7. The standard InChI is InChI=1S/C26H32O3SSi/c1-21-15-17-23(18-16-21)30(28)20-22(27)19-29-31(26(2,3)4,24-11-7-5-8-12-24)25-13-9-6-10-14-25/h5-18,22,27H,19-20H2,1-4H3/t22-,30+/m0/s1. The van der Waals surface area contributed by atoms with Crippen molar-refractivity contribution in [2.75, 3.05) is 12.4 Å². The monoisotopic (exact) mass is 452 g/mol. The molecule has 164 valence electrons. The fraction of sp³-hybridized carbons (Fsp3) is 0.308. The first kappa shape index (κ1) is 23.6. The van der Waals surface area contributed by atoms with E-state index in [1.807, 2.05) is 67.6 Å². The maximum absolute atomic E-state index is 12.7. The van der Waals surface area contributed by atoms with Gasteiger partial charge in [-0.05, 0) is 34.5 Å².